The molecule has 3 N–H and O–H groups in total. The highest BCUT2D eigenvalue weighted by Gasteiger charge is 2.42. The molecule has 0 radical (unpaired) electrons. The second kappa shape index (κ2) is 11.6. The Morgan fingerprint density at radius 1 is 1.22 bits per heavy atom. The van der Waals surface area contributed by atoms with E-state index in [4.69, 9.17) is 0 Å². The normalized spacial score (nSPS) is 20.7. The molecule has 0 amide bonds. The molecule has 1 aliphatic rings. The fourth-order valence-corrected chi connectivity index (χ4v) is 3.27. The molecule has 2 rings (SSSR count). The van der Waals surface area contributed by atoms with Gasteiger partial charge in [-0.05, 0) is 56.7 Å². The van der Waals surface area contributed by atoms with Crippen LogP contribution in [-0.2, 0) is 6.42 Å². The summed E-state index contributed by atoms with van der Waals surface area (Å²) in [5.74, 6) is -0.382. The summed E-state index contributed by atoms with van der Waals surface area (Å²) in [6, 6.07) is 6.88. The average Bonchev–Trinajstić information content (AvgIpc) is 2.60. The molecular weight excluding hydrogens is 470 g/mol. The second-order valence-corrected chi connectivity index (χ2v) is 6.78. The first-order valence-corrected chi connectivity index (χ1v) is 9.28. The number of nitrogens with one attached hydrogen (secondary N) is 2. The molecular formula is C19H29F3IN3O. The Hall–Kier alpha value is -1.19. The lowest BCUT2D eigenvalue weighted by Crippen LogP contribution is -2.46. The third kappa shape index (κ3) is 8.57. The van der Waals surface area contributed by atoms with E-state index < -0.39 is 12.1 Å². The molecule has 1 fully saturated rings. The van der Waals surface area contributed by atoms with Gasteiger partial charge in [-0.1, -0.05) is 18.6 Å². The van der Waals surface area contributed by atoms with Crippen molar-refractivity contribution in [1.82, 2.24) is 10.6 Å². The number of alkyl halides is 3. The van der Waals surface area contributed by atoms with Gasteiger partial charge in [-0.3, -0.25) is 4.99 Å². The molecule has 2 unspecified atom stereocenters. The van der Waals surface area contributed by atoms with Gasteiger partial charge in [-0.2, -0.15) is 13.2 Å². The Balaban J connectivity index is 0.00000364. The molecule has 0 spiro atoms. The van der Waals surface area contributed by atoms with Crippen LogP contribution in [0.2, 0.25) is 0 Å². The molecule has 154 valence electrons. The van der Waals surface area contributed by atoms with Crippen molar-refractivity contribution in [2.75, 3.05) is 13.1 Å². The number of halogens is 4. The van der Waals surface area contributed by atoms with Crippen LogP contribution in [0.25, 0.3) is 0 Å². The minimum atomic E-state index is -4.11. The predicted octanol–water partition coefficient (Wildman–Crippen LogP) is 4.62. The van der Waals surface area contributed by atoms with E-state index in [-0.39, 0.29) is 48.6 Å². The number of aromatic hydroxyl groups is 1. The number of phenols is 1. The van der Waals surface area contributed by atoms with Crippen molar-refractivity contribution in [2.45, 2.75) is 57.7 Å². The third-order valence-corrected chi connectivity index (χ3v) is 4.65. The Morgan fingerprint density at radius 3 is 2.56 bits per heavy atom. The van der Waals surface area contributed by atoms with Crippen molar-refractivity contribution in [3.63, 3.8) is 0 Å². The molecule has 2 atom stereocenters. The standard InChI is InChI=1S/C19H28F3N3O.HI/c1-2-23-18(24-12-4-5-14-8-10-17(26)11-9-14)25-16-7-3-6-15(13-16)19(20,21)22;/h8-11,15-16,26H,2-7,12-13H2,1H3,(H2,23,24,25);1H. The van der Waals surface area contributed by atoms with Crippen LogP contribution in [0.15, 0.2) is 29.3 Å². The van der Waals surface area contributed by atoms with Gasteiger partial charge in [0.05, 0.1) is 5.92 Å². The molecule has 0 saturated heterocycles. The molecule has 1 aromatic rings. The maximum atomic E-state index is 12.9. The third-order valence-electron chi connectivity index (χ3n) is 4.65. The van der Waals surface area contributed by atoms with E-state index in [0.717, 1.165) is 24.8 Å². The van der Waals surface area contributed by atoms with Gasteiger partial charge in [0, 0.05) is 19.1 Å². The maximum absolute atomic E-state index is 12.9. The first-order chi connectivity index (χ1) is 12.4. The van der Waals surface area contributed by atoms with Crippen molar-refractivity contribution in [3.8, 4) is 5.75 Å². The second-order valence-electron chi connectivity index (χ2n) is 6.78. The van der Waals surface area contributed by atoms with Gasteiger partial charge < -0.3 is 15.7 Å². The largest absolute Gasteiger partial charge is 0.508 e. The van der Waals surface area contributed by atoms with E-state index in [0.29, 0.717) is 25.5 Å². The fraction of sp³-hybridized carbons (Fsp3) is 0.632. The van der Waals surface area contributed by atoms with E-state index in [9.17, 15) is 18.3 Å². The molecule has 1 aliphatic carbocycles. The highest BCUT2D eigenvalue weighted by Crippen LogP contribution is 2.37. The fourth-order valence-electron chi connectivity index (χ4n) is 3.27. The molecule has 1 saturated carbocycles. The number of hydrogen-bond donors (Lipinski definition) is 3. The number of nitrogens with zero attached hydrogens (tertiary/aromatic N) is 1. The Morgan fingerprint density at radius 2 is 1.93 bits per heavy atom. The number of hydrogen-bond acceptors (Lipinski definition) is 2. The van der Waals surface area contributed by atoms with Crippen molar-refractivity contribution < 1.29 is 18.3 Å². The Kier molecular flexibility index (Phi) is 10.3. The zero-order valence-corrected chi connectivity index (χ0v) is 17.9. The van der Waals surface area contributed by atoms with Gasteiger partial charge in [0.25, 0.3) is 0 Å². The predicted molar refractivity (Wildman–Crippen MR) is 113 cm³/mol. The van der Waals surface area contributed by atoms with E-state index in [2.05, 4.69) is 15.6 Å². The zero-order chi connectivity index (χ0) is 19.0. The molecule has 0 aromatic heterocycles. The minimum absolute atomic E-state index is 0. The number of benzene rings is 1. The SMILES string of the molecule is CCNC(=NCCCc1ccc(O)cc1)NC1CCCC(C(F)(F)F)C1.I. The molecule has 0 aliphatic heterocycles. The van der Waals surface area contributed by atoms with Crippen LogP contribution in [0.3, 0.4) is 0 Å². The van der Waals surface area contributed by atoms with Crippen LogP contribution < -0.4 is 10.6 Å². The quantitative estimate of drug-likeness (QED) is 0.232. The van der Waals surface area contributed by atoms with Crippen molar-refractivity contribution in [2.24, 2.45) is 10.9 Å². The first kappa shape index (κ1) is 23.8. The molecule has 8 heteroatoms. The lowest BCUT2D eigenvalue weighted by atomic mass is 9.85. The van der Waals surface area contributed by atoms with Gasteiger partial charge >= 0.3 is 6.18 Å². The summed E-state index contributed by atoms with van der Waals surface area (Å²) in [5.41, 5.74) is 1.12. The summed E-state index contributed by atoms with van der Waals surface area (Å²) in [5, 5.41) is 15.6. The lowest BCUT2D eigenvalue weighted by Gasteiger charge is -2.31. The van der Waals surface area contributed by atoms with Crippen LogP contribution in [0.5, 0.6) is 5.75 Å². The van der Waals surface area contributed by atoms with Crippen molar-refractivity contribution >= 4 is 29.9 Å². The molecule has 27 heavy (non-hydrogen) atoms. The molecule has 1 aromatic carbocycles. The monoisotopic (exact) mass is 499 g/mol. The maximum Gasteiger partial charge on any atom is 0.391 e. The molecule has 4 nitrogen and oxygen atoms in total. The zero-order valence-electron chi connectivity index (χ0n) is 15.6. The average molecular weight is 499 g/mol. The summed E-state index contributed by atoms with van der Waals surface area (Å²) < 4.78 is 38.8. The summed E-state index contributed by atoms with van der Waals surface area (Å²) in [6.07, 6.45) is -0.782. The summed E-state index contributed by atoms with van der Waals surface area (Å²) in [4.78, 5) is 4.49. The number of guanidine groups is 1. The van der Waals surface area contributed by atoms with Crippen LogP contribution in [-0.4, -0.2) is 36.4 Å². The van der Waals surface area contributed by atoms with Gasteiger partial charge in [-0.25, -0.2) is 0 Å². The van der Waals surface area contributed by atoms with Crippen molar-refractivity contribution in [3.05, 3.63) is 29.8 Å². The smallest absolute Gasteiger partial charge is 0.391 e. The van der Waals surface area contributed by atoms with E-state index >= 15 is 0 Å². The van der Waals surface area contributed by atoms with Crippen LogP contribution in [0, 0.1) is 5.92 Å². The highest BCUT2D eigenvalue weighted by atomic mass is 127. The topological polar surface area (TPSA) is 56.7 Å². The molecule has 0 heterocycles. The Labute approximate surface area is 176 Å². The van der Waals surface area contributed by atoms with Crippen molar-refractivity contribution in [1.29, 1.82) is 0 Å². The summed E-state index contributed by atoms with van der Waals surface area (Å²) in [7, 11) is 0. The van der Waals surface area contributed by atoms with E-state index in [1.165, 1.54) is 0 Å². The molecule has 0 bridgehead atoms. The summed E-state index contributed by atoms with van der Waals surface area (Å²) in [6.45, 7) is 3.19. The van der Waals surface area contributed by atoms with Gasteiger partial charge in [0.2, 0.25) is 0 Å². The van der Waals surface area contributed by atoms with Crippen LogP contribution in [0.1, 0.15) is 44.6 Å². The summed E-state index contributed by atoms with van der Waals surface area (Å²) >= 11 is 0. The van der Waals surface area contributed by atoms with Crippen LogP contribution >= 0.6 is 24.0 Å². The number of phenolic OH excluding ortho intramolecular Hbond substituents is 1. The van der Waals surface area contributed by atoms with E-state index in [1.54, 1.807) is 12.1 Å². The van der Waals surface area contributed by atoms with Crippen LogP contribution in [0.4, 0.5) is 13.2 Å². The minimum Gasteiger partial charge on any atom is -0.508 e. The highest BCUT2D eigenvalue weighted by molar-refractivity contribution is 14.0. The van der Waals surface area contributed by atoms with Gasteiger partial charge in [0.1, 0.15) is 5.75 Å². The first-order valence-electron chi connectivity index (χ1n) is 9.28. The lowest BCUT2D eigenvalue weighted by molar-refractivity contribution is -0.183. The van der Waals surface area contributed by atoms with E-state index in [1.807, 2.05) is 19.1 Å². The Bertz CT molecular complexity index is 579. The number of aliphatic imine (C=N–C) groups is 1. The van der Waals surface area contributed by atoms with Gasteiger partial charge in [-0.15, -0.1) is 24.0 Å². The van der Waals surface area contributed by atoms with Gasteiger partial charge in [0.15, 0.2) is 5.96 Å². The number of aryl methyl sites for hydroxylation is 1. The number of rotatable bonds is 6.